The smallest absolute Gasteiger partial charge is 0.222 e. The van der Waals surface area contributed by atoms with Gasteiger partial charge in [-0.25, -0.2) is 0 Å². The van der Waals surface area contributed by atoms with Crippen LogP contribution in [0.15, 0.2) is 42.5 Å². The summed E-state index contributed by atoms with van der Waals surface area (Å²) in [7, 11) is 1.85. The monoisotopic (exact) mass is 284 g/mol. The van der Waals surface area contributed by atoms with E-state index < -0.39 is 0 Å². The Kier molecular flexibility index (Phi) is 4.63. The summed E-state index contributed by atoms with van der Waals surface area (Å²) in [6.45, 7) is 4.53. The second-order valence-corrected chi connectivity index (χ2v) is 6.42. The molecule has 2 rings (SSSR count). The van der Waals surface area contributed by atoms with Gasteiger partial charge in [0.05, 0.1) is 0 Å². The molecule has 0 aromatic heterocycles. The summed E-state index contributed by atoms with van der Waals surface area (Å²) < 4.78 is 0. The Bertz CT molecular complexity index is 628. The largest absolute Gasteiger partial charge is 0.341 e. The summed E-state index contributed by atoms with van der Waals surface area (Å²) in [6.07, 6.45) is 1.20. The van der Waals surface area contributed by atoms with Crippen molar-refractivity contribution in [3.63, 3.8) is 0 Å². The Morgan fingerprint density at radius 1 is 1.14 bits per heavy atom. The number of nitrogens with zero attached hydrogens (tertiary/aromatic N) is 1. The van der Waals surface area contributed by atoms with Crippen LogP contribution < -0.4 is 5.73 Å². The third kappa shape index (κ3) is 4.57. The zero-order chi connectivity index (χ0) is 15.5. The van der Waals surface area contributed by atoms with Crippen LogP contribution >= 0.6 is 0 Å². The molecule has 3 heteroatoms. The molecule has 0 aliphatic heterocycles. The van der Waals surface area contributed by atoms with Gasteiger partial charge in [-0.05, 0) is 42.7 Å². The number of hydrogen-bond donors (Lipinski definition) is 1. The number of rotatable bonds is 5. The number of nitrogens with two attached hydrogens (primary N) is 1. The molecule has 2 aromatic carbocycles. The van der Waals surface area contributed by atoms with Gasteiger partial charge in [-0.15, -0.1) is 0 Å². The number of fused-ring (bicyclic) bond motifs is 1. The van der Waals surface area contributed by atoms with E-state index in [9.17, 15) is 4.79 Å². The van der Waals surface area contributed by atoms with E-state index in [4.69, 9.17) is 5.73 Å². The average molecular weight is 284 g/mol. The maximum Gasteiger partial charge on any atom is 0.222 e. The number of carbonyl (C=O) groups is 1. The number of carbonyl (C=O) groups excluding carboxylic acids is 1. The third-order valence-corrected chi connectivity index (χ3v) is 3.64. The fourth-order valence-corrected chi connectivity index (χ4v) is 2.32. The van der Waals surface area contributed by atoms with Crippen LogP contribution in [0, 0.1) is 0 Å². The Labute approximate surface area is 126 Å². The first-order valence-electron chi connectivity index (χ1n) is 7.36. The van der Waals surface area contributed by atoms with Gasteiger partial charge in [0.25, 0.3) is 0 Å². The Balaban J connectivity index is 2.00. The lowest BCUT2D eigenvalue weighted by molar-refractivity contribution is -0.130. The molecule has 0 saturated heterocycles. The maximum atomic E-state index is 12.1. The van der Waals surface area contributed by atoms with E-state index in [0.717, 1.165) is 5.56 Å². The molecule has 0 fully saturated rings. The minimum absolute atomic E-state index is 0.140. The first kappa shape index (κ1) is 15.5. The third-order valence-electron chi connectivity index (χ3n) is 3.64. The summed E-state index contributed by atoms with van der Waals surface area (Å²) in [4.78, 5) is 13.9. The van der Waals surface area contributed by atoms with E-state index >= 15 is 0 Å². The molecule has 0 spiro atoms. The van der Waals surface area contributed by atoms with Gasteiger partial charge < -0.3 is 10.6 Å². The first-order valence-corrected chi connectivity index (χ1v) is 7.36. The van der Waals surface area contributed by atoms with Crippen LogP contribution in [0.2, 0.25) is 0 Å². The highest BCUT2D eigenvalue weighted by Gasteiger charge is 2.16. The molecular weight excluding hydrogens is 260 g/mol. The van der Waals surface area contributed by atoms with Gasteiger partial charge in [-0.3, -0.25) is 4.79 Å². The quantitative estimate of drug-likeness (QED) is 0.915. The lowest BCUT2D eigenvalue weighted by Gasteiger charge is -2.21. The number of benzene rings is 2. The molecule has 2 N–H and O–H groups in total. The normalized spacial score (nSPS) is 11.6. The Morgan fingerprint density at radius 3 is 2.48 bits per heavy atom. The maximum absolute atomic E-state index is 12.1. The fraction of sp³-hybridized carbons (Fsp3) is 0.389. The number of amides is 1. The van der Waals surface area contributed by atoms with Crippen molar-refractivity contribution in [2.75, 3.05) is 7.05 Å². The van der Waals surface area contributed by atoms with Gasteiger partial charge in [-0.1, -0.05) is 36.4 Å². The molecule has 0 radical (unpaired) electrons. The van der Waals surface area contributed by atoms with Crippen LogP contribution in [0.25, 0.3) is 10.8 Å². The minimum atomic E-state index is -0.292. The molecule has 2 aromatic rings. The van der Waals surface area contributed by atoms with Crippen molar-refractivity contribution >= 4 is 16.7 Å². The molecule has 0 aliphatic rings. The lowest BCUT2D eigenvalue weighted by atomic mass is 9.99. The van der Waals surface area contributed by atoms with Crippen molar-refractivity contribution in [2.45, 2.75) is 38.8 Å². The predicted octanol–water partition coefficient (Wildman–Crippen LogP) is 3.32. The molecule has 112 valence electrons. The molecule has 1 amide bonds. The fourth-order valence-electron chi connectivity index (χ4n) is 2.32. The van der Waals surface area contributed by atoms with Crippen LogP contribution in [-0.4, -0.2) is 23.4 Å². The molecule has 0 atom stereocenters. The highest BCUT2D eigenvalue weighted by Crippen LogP contribution is 2.17. The second-order valence-electron chi connectivity index (χ2n) is 6.42. The summed E-state index contributed by atoms with van der Waals surface area (Å²) in [5, 5.41) is 2.43. The molecule has 0 saturated carbocycles. The summed E-state index contributed by atoms with van der Waals surface area (Å²) in [6, 6.07) is 14.6. The topological polar surface area (TPSA) is 46.3 Å². The summed E-state index contributed by atoms with van der Waals surface area (Å²) in [5.41, 5.74) is 6.79. The standard InChI is InChI=1S/C18H24N2O/c1-18(2,19)11-10-17(21)20(3)13-14-8-9-15-6-4-5-7-16(15)12-14/h4-9,12H,10-11,13,19H2,1-3H3. The lowest BCUT2D eigenvalue weighted by Crippen LogP contribution is -2.34. The molecule has 0 bridgehead atoms. The van der Waals surface area contributed by atoms with Crippen molar-refractivity contribution in [1.82, 2.24) is 4.90 Å². The molecule has 0 heterocycles. The molecule has 21 heavy (non-hydrogen) atoms. The van der Waals surface area contributed by atoms with Gasteiger partial charge in [0.1, 0.15) is 0 Å². The van der Waals surface area contributed by atoms with Crippen LogP contribution in [0.3, 0.4) is 0 Å². The Hall–Kier alpha value is -1.87. The Morgan fingerprint density at radius 2 is 1.81 bits per heavy atom. The first-order chi connectivity index (χ1) is 9.85. The molecule has 0 aliphatic carbocycles. The van der Waals surface area contributed by atoms with E-state index in [1.807, 2.05) is 33.0 Å². The zero-order valence-corrected chi connectivity index (χ0v) is 13.1. The van der Waals surface area contributed by atoms with Gasteiger partial charge in [0.2, 0.25) is 5.91 Å². The summed E-state index contributed by atoms with van der Waals surface area (Å²) in [5.74, 6) is 0.140. The van der Waals surface area contributed by atoms with Crippen molar-refractivity contribution in [3.8, 4) is 0 Å². The van der Waals surface area contributed by atoms with Crippen LogP contribution in [0.5, 0.6) is 0 Å². The molecule has 3 nitrogen and oxygen atoms in total. The zero-order valence-electron chi connectivity index (χ0n) is 13.1. The van der Waals surface area contributed by atoms with Crippen LogP contribution in [-0.2, 0) is 11.3 Å². The van der Waals surface area contributed by atoms with Crippen molar-refractivity contribution < 1.29 is 4.79 Å². The molecule has 0 unspecified atom stereocenters. The van der Waals surface area contributed by atoms with Crippen molar-refractivity contribution in [3.05, 3.63) is 48.0 Å². The van der Waals surface area contributed by atoms with E-state index in [0.29, 0.717) is 19.4 Å². The van der Waals surface area contributed by atoms with E-state index in [2.05, 4.69) is 30.3 Å². The van der Waals surface area contributed by atoms with E-state index in [-0.39, 0.29) is 11.4 Å². The van der Waals surface area contributed by atoms with E-state index in [1.54, 1.807) is 4.90 Å². The second kappa shape index (κ2) is 6.27. The average Bonchev–Trinajstić information content (AvgIpc) is 2.43. The predicted molar refractivity (Wildman–Crippen MR) is 87.9 cm³/mol. The van der Waals surface area contributed by atoms with E-state index in [1.165, 1.54) is 10.8 Å². The minimum Gasteiger partial charge on any atom is -0.341 e. The van der Waals surface area contributed by atoms with Gasteiger partial charge in [0.15, 0.2) is 0 Å². The van der Waals surface area contributed by atoms with Crippen molar-refractivity contribution in [1.29, 1.82) is 0 Å². The highest BCUT2D eigenvalue weighted by atomic mass is 16.2. The SMILES string of the molecule is CN(Cc1ccc2ccccc2c1)C(=O)CCC(C)(C)N. The highest BCUT2D eigenvalue weighted by molar-refractivity contribution is 5.83. The van der Waals surface area contributed by atoms with Gasteiger partial charge in [-0.2, -0.15) is 0 Å². The van der Waals surface area contributed by atoms with Gasteiger partial charge in [0, 0.05) is 25.6 Å². The molecular formula is C18H24N2O. The van der Waals surface area contributed by atoms with Crippen molar-refractivity contribution in [2.24, 2.45) is 5.73 Å². The summed E-state index contributed by atoms with van der Waals surface area (Å²) >= 11 is 0. The number of hydrogen-bond acceptors (Lipinski definition) is 2. The van der Waals surface area contributed by atoms with Crippen LogP contribution in [0.4, 0.5) is 0 Å². The van der Waals surface area contributed by atoms with Crippen LogP contribution in [0.1, 0.15) is 32.3 Å². The van der Waals surface area contributed by atoms with Gasteiger partial charge >= 0.3 is 0 Å².